The second-order valence-corrected chi connectivity index (χ2v) is 10.1. The first kappa shape index (κ1) is 26.5. The van der Waals surface area contributed by atoms with Crippen molar-refractivity contribution in [3.63, 3.8) is 0 Å². The largest absolute Gasteiger partial charge is 0.490 e. The molecule has 3 atom stereocenters. The highest BCUT2D eigenvalue weighted by Gasteiger charge is 2.34. The molecule has 0 bridgehead atoms. The molecule has 0 aliphatic carbocycles. The molecular weight excluding hydrogens is 480 g/mol. The number of piperidine rings is 1. The van der Waals surface area contributed by atoms with Gasteiger partial charge in [-0.05, 0) is 66.4 Å². The van der Waals surface area contributed by atoms with Crippen LogP contribution in [0.3, 0.4) is 0 Å². The van der Waals surface area contributed by atoms with Gasteiger partial charge in [0.1, 0.15) is 23.9 Å². The van der Waals surface area contributed by atoms with E-state index in [4.69, 9.17) is 18.9 Å². The summed E-state index contributed by atoms with van der Waals surface area (Å²) in [6.45, 7) is 6.96. The van der Waals surface area contributed by atoms with Crippen LogP contribution in [0.4, 0.5) is 5.69 Å². The van der Waals surface area contributed by atoms with Crippen LogP contribution in [0.25, 0.3) is 0 Å². The molecule has 38 heavy (non-hydrogen) atoms. The summed E-state index contributed by atoms with van der Waals surface area (Å²) in [6, 6.07) is 22.3. The fraction of sp³-hybridized carbons (Fsp3) is 0.419. The number of fused-ring (bicyclic) bond motifs is 1. The summed E-state index contributed by atoms with van der Waals surface area (Å²) in [5.74, 6) is 2.37. The van der Waals surface area contributed by atoms with E-state index in [9.17, 15) is 5.11 Å². The average molecular weight is 519 g/mol. The van der Waals surface area contributed by atoms with Crippen molar-refractivity contribution in [1.29, 1.82) is 0 Å². The molecule has 0 radical (unpaired) electrons. The normalized spacial score (nSPS) is 21.0. The predicted octanol–water partition coefficient (Wildman–Crippen LogP) is 4.66. The maximum absolute atomic E-state index is 10.9. The van der Waals surface area contributed by atoms with Gasteiger partial charge in [0.05, 0.1) is 31.0 Å². The molecule has 1 fully saturated rings. The van der Waals surface area contributed by atoms with E-state index in [0.717, 1.165) is 65.7 Å². The molecule has 2 N–H and O–H groups in total. The highest BCUT2D eigenvalue weighted by molar-refractivity contribution is 5.61. The molecule has 3 aromatic carbocycles. The number of ether oxygens (including phenoxy) is 4. The molecule has 2 aliphatic heterocycles. The molecular formula is C31H38N2O5. The van der Waals surface area contributed by atoms with E-state index in [2.05, 4.69) is 22.3 Å². The van der Waals surface area contributed by atoms with Crippen LogP contribution in [0.15, 0.2) is 66.7 Å². The van der Waals surface area contributed by atoms with E-state index in [1.165, 1.54) is 0 Å². The number of methoxy groups -OCH3 is 1. The molecule has 2 aliphatic rings. The lowest BCUT2D eigenvalue weighted by molar-refractivity contribution is -0.0328. The van der Waals surface area contributed by atoms with Crippen molar-refractivity contribution in [2.75, 3.05) is 51.4 Å². The van der Waals surface area contributed by atoms with E-state index in [1.807, 2.05) is 61.5 Å². The van der Waals surface area contributed by atoms with Crippen LogP contribution in [0, 0.1) is 6.92 Å². The number of hydrogen-bond donors (Lipinski definition) is 2. The Kier molecular flexibility index (Phi) is 8.81. The molecule has 0 spiro atoms. The highest BCUT2D eigenvalue weighted by Crippen LogP contribution is 2.34. The minimum Gasteiger partial charge on any atom is -0.490 e. The third-order valence-electron chi connectivity index (χ3n) is 7.23. The molecule has 7 heteroatoms. The molecule has 1 saturated heterocycles. The Balaban J connectivity index is 1.25. The maximum Gasteiger partial charge on any atom is 0.142 e. The topological polar surface area (TPSA) is 72.4 Å². The molecule has 2 heterocycles. The monoisotopic (exact) mass is 518 g/mol. The molecule has 202 valence electrons. The van der Waals surface area contributed by atoms with Gasteiger partial charge >= 0.3 is 0 Å². The average Bonchev–Trinajstić information content (AvgIpc) is 2.93. The van der Waals surface area contributed by atoms with Gasteiger partial charge in [0.25, 0.3) is 0 Å². The fourth-order valence-electron chi connectivity index (χ4n) is 5.29. The van der Waals surface area contributed by atoms with Gasteiger partial charge in [0.15, 0.2) is 0 Å². The van der Waals surface area contributed by atoms with Crippen LogP contribution >= 0.6 is 0 Å². The summed E-state index contributed by atoms with van der Waals surface area (Å²) in [7, 11) is 1.74. The van der Waals surface area contributed by atoms with Crippen molar-refractivity contribution in [3.8, 4) is 17.2 Å². The zero-order valence-corrected chi connectivity index (χ0v) is 22.3. The van der Waals surface area contributed by atoms with Gasteiger partial charge in [-0.1, -0.05) is 30.3 Å². The number of rotatable bonds is 10. The van der Waals surface area contributed by atoms with E-state index >= 15 is 0 Å². The van der Waals surface area contributed by atoms with Crippen LogP contribution in [0.5, 0.6) is 17.2 Å². The number of aliphatic hydroxyl groups excluding tert-OH is 1. The van der Waals surface area contributed by atoms with Crippen molar-refractivity contribution in [2.45, 2.75) is 38.1 Å². The molecule has 3 unspecified atom stereocenters. The Morgan fingerprint density at radius 2 is 1.89 bits per heavy atom. The first-order valence-electron chi connectivity index (χ1n) is 13.4. The van der Waals surface area contributed by atoms with Crippen molar-refractivity contribution in [1.82, 2.24) is 5.32 Å². The first-order valence-corrected chi connectivity index (χ1v) is 13.4. The number of aliphatic hydroxyl groups is 1. The van der Waals surface area contributed by atoms with Crippen LogP contribution in [0.1, 0.15) is 29.0 Å². The number of anilines is 1. The van der Waals surface area contributed by atoms with Crippen molar-refractivity contribution in [2.24, 2.45) is 0 Å². The number of nitrogens with zero attached hydrogens (tertiary/aromatic N) is 1. The van der Waals surface area contributed by atoms with Gasteiger partial charge in [-0.25, -0.2) is 0 Å². The molecule has 0 amide bonds. The Hall–Kier alpha value is -3.10. The fourth-order valence-corrected chi connectivity index (χ4v) is 5.29. The molecule has 0 aromatic heterocycles. The smallest absolute Gasteiger partial charge is 0.142 e. The van der Waals surface area contributed by atoms with Gasteiger partial charge in [-0.2, -0.15) is 0 Å². The van der Waals surface area contributed by atoms with Gasteiger partial charge in [0.2, 0.25) is 0 Å². The summed E-state index contributed by atoms with van der Waals surface area (Å²) in [4.78, 5) is 2.36. The van der Waals surface area contributed by atoms with Crippen molar-refractivity contribution in [3.05, 3.63) is 83.4 Å². The Morgan fingerprint density at radius 1 is 1.03 bits per heavy atom. The second kappa shape index (κ2) is 12.6. The maximum atomic E-state index is 10.9. The second-order valence-electron chi connectivity index (χ2n) is 10.1. The van der Waals surface area contributed by atoms with E-state index < -0.39 is 6.10 Å². The Bertz CT molecular complexity index is 1190. The number of benzene rings is 3. The summed E-state index contributed by atoms with van der Waals surface area (Å²) in [5, 5.41) is 14.2. The SMILES string of the molecule is COCCCN1CCOc2ccc(COC3CNCC(O)C3c3ccc(Oc4cccc(C)c4)cc3)cc21. The van der Waals surface area contributed by atoms with Gasteiger partial charge in [-0.15, -0.1) is 0 Å². The van der Waals surface area contributed by atoms with E-state index in [0.29, 0.717) is 26.3 Å². The zero-order valence-electron chi connectivity index (χ0n) is 22.3. The lowest BCUT2D eigenvalue weighted by atomic mass is 9.85. The Morgan fingerprint density at radius 3 is 2.71 bits per heavy atom. The zero-order chi connectivity index (χ0) is 26.3. The number of nitrogens with one attached hydrogen (secondary N) is 1. The van der Waals surface area contributed by atoms with Crippen LogP contribution in [0.2, 0.25) is 0 Å². The number of aryl methyl sites for hydroxylation is 1. The van der Waals surface area contributed by atoms with Gasteiger partial charge < -0.3 is 34.3 Å². The number of β-amino-alcohol motifs (C(OH)–C–C–N with tert-alkyl or cyclic N) is 1. The van der Waals surface area contributed by atoms with E-state index in [1.54, 1.807) is 7.11 Å². The molecule has 3 aromatic rings. The molecule has 7 nitrogen and oxygen atoms in total. The summed E-state index contributed by atoms with van der Waals surface area (Å²) >= 11 is 0. The quantitative estimate of drug-likeness (QED) is 0.379. The first-order chi connectivity index (χ1) is 18.6. The molecule has 5 rings (SSSR count). The molecule has 0 saturated carbocycles. The standard InChI is InChI=1S/C31H38N2O5/c1-22-5-3-6-26(17-22)38-25-10-8-24(9-11-25)31-28(34)19-32-20-30(31)37-21-23-7-12-29-27(18-23)33(14-16-36-29)13-4-15-35-2/h3,5-12,17-18,28,30-32,34H,4,13-16,19-21H2,1-2H3. The van der Waals surface area contributed by atoms with Crippen LogP contribution in [-0.2, 0) is 16.1 Å². The minimum absolute atomic E-state index is 0.129. The summed E-state index contributed by atoms with van der Waals surface area (Å²) < 4.78 is 23.6. The summed E-state index contributed by atoms with van der Waals surface area (Å²) in [5.41, 5.74) is 4.40. The van der Waals surface area contributed by atoms with Crippen LogP contribution < -0.4 is 19.7 Å². The summed E-state index contributed by atoms with van der Waals surface area (Å²) in [6.07, 6.45) is 0.275. The minimum atomic E-state index is -0.537. The van der Waals surface area contributed by atoms with Gasteiger partial charge in [-0.3, -0.25) is 0 Å². The number of hydrogen-bond acceptors (Lipinski definition) is 7. The van der Waals surface area contributed by atoms with E-state index in [-0.39, 0.29) is 12.0 Å². The predicted molar refractivity (Wildman–Crippen MR) is 149 cm³/mol. The lowest BCUT2D eigenvalue weighted by Gasteiger charge is -2.36. The van der Waals surface area contributed by atoms with Crippen molar-refractivity contribution >= 4 is 5.69 Å². The highest BCUT2D eigenvalue weighted by atomic mass is 16.5. The Labute approximate surface area is 225 Å². The van der Waals surface area contributed by atoms with Crippen LogP contribution in [-0.4, -0.2) is 63.8 Å². The third-order valence-corrected chi connectivity index (χ3v) is 7.23. The van der Waals surface area contributed by atoms with Gasteiger partial charge in [0, 0.05) is 39.3 Å². The third kappa shape index (κ3) is 6.48. The van der Waals surface area contributed by atoms with Crippen molar-refractivity contribution < 1.29 is 24.1 Å². The lowest BCUT2D eigenvalue weighted by Crippen LogP contribution is -2.49.